The van der Waals surface area contributed by atoms with Crippen molar-refractivity contribution in [2.24, 2.45) is 5.92 Å². The number of likely N-dealkylation sites (tertiary alicyclic amines) is 1. The quantitative estimate of drug-likeness (QED) is 0.871. The monoisotopic (exact) mass is 359 g/mol. The maximum atomic E-state index is 12.7. The number of nitrogens with zero attached hydrogens (tertiary/aromatic N) is 1. The Morgan fingerprint density at radius 2 is 1.69 bits per heavy atom. The van der Waals surface area contributed by atoms with Gasteiger partial charge >= 0.3 is 0 Å². The third kappa shape index (κ3) is 4.84. The van der Waals surface area contributed by atoms with Gasteiger partial charge in [0.25, 0.3) is 5.91 Å². The normalized spacial score (nSPS) is 18.0. The lowest BCUT2D eigenvalue weighted by Gasteiger charge is -2.32. The van der Waals surface area contributed by atoms with Gasteiger partial charge in [0.2, 0.25) is 11.8 Å². The Morgan fingerprint density at radius 3 is 2.23 bits per heavy atom. The van der Waals surface area contributed by atoms with Crippen LogP contribution in [0.3, 0.4) is 0 Å². The zero-order valence-corrected chi connectivity index (χ0v) is 16.5. The van der Waals surface area contributed by atoms with Crippen LogP contribution in [0.25, 0.3) is 0 Å². The van der Waals surface area contributed by atoms with Gasteiger partial charge in [0.05, 0.1) is 17.2 Å². The van der Waals surface area contributed by atoms with Crippen molar-refractivity contribution in [3.05, 3.63) is 29.8 Å². The first-order valence-electron chi connectivity index (χ1n) is 8.91. The lowest BCUT2D eigenvalue weighted by Crippen LogP contribution is -2.43. The van der Waals surface area contributed by atoms with E-state index < -0.39 is 5.92 Å². The van der Waals surface area contributed by atoms with Crippen LogP contribution >= 0.6 is 0 Å². The van der Waals surface area contributed by atoms with E-state index in [0.717, 1.165) is 0 Å². The van der Waals surface area contributed by atoms with E-state index in [-0.39, 0.29) is 35.2 Å². The van der Waals surface area contributed by atoms with Gasteiger partial charge in [-0.3, -0.25) is 14.4 Å². The molecule has 3 amide bonds. The van der Waals surface area contributed by atoms with Gasteiger partial charge < -0.3 is 15.5 Å². The fourth-order valence-corrected chi connectivity index (χ4v) is 2.96. The molecule has 1 unspecified atom stereocenters. The van der Waals surface area contributed by atoms with E-state index in [2.05, 4.69) is 10.6 Å². The van der Waals surface area contributed by atoms with Crippen molar-refractivity contribution in [2.45, 2.75) is 59.0 Å². The van der Waals surface area contributed by atoms with Crippen LogP contribution in [0.4, 0.5) is 5.69 Å². The van der Waals surface area contributed by atoms with E-state index in [1.165, 1.54) is 0 Å². The highest BCUT2D eigenvalue weighted by Gasteiger charge is 2.39. The summed E-state index contributed by atoms with van der Waals surface area (Å²) in [6.07, 6.45) is 0.194. The lowest BCUT2D eigenvalue weighted by molar-refractivity contribution is -0.131. The van der Waals surface area contributed by atoms with Gasteiger partial charge in [-0.05, 0) is 53.7 Å². The Morgan fingerprint density at radius 1 is 1.08 bits per heavy atom. The summed E-state index contributed by atoms with van der Waals surface area (Å²) in [7, 11) is 0. The first kappa shape index (κ1) is 19.9. The van der Waals surface area contributed by atoms with Gasteiger partial charge in [0, 0.05) is 24.0 Å². The summed E-state index contributed by atoms with van der Waals surface area (Å²) in [6.45, 7) is 12.0. The van der Waals surface area contributed by atoms with E-state index in [1.54, 1.807) is 29.2 Å². The van der Waals surface area contributed by atoms with Crippen molar-refractivity contribution in [3.8, 4) is 0 Å². The second-order valence-corrected chi connectivity index (χ2v) is 8.82. The third-order valence-corrected chi connectivity index (χ3v) is 4.22. The molecule has 1 aliphatic heterocycles. The van der Waals surface area contributed by atoms with E-state index in [1.807, 2.05) is 41.5 Å². The molecule has 26 heavy (non-hydrogen) atoms. The Bertz CT molecular complexity index is 714. The van der Waals surface area contributed by atoms with Crippen molar-refractivity contribution < 1.29 is 14.4 Å². The Balaban J connectivity index is 2.13. The highest BCUT2D eigenvalue weighted by Crippen LogP contribution is 2.27. The van der Waals surface area contributed by atoms with Crippen molar-refractivity contribution >= 4 is 23.4 Å². The highest BCUT2D eigenvalue weighted by atomic mass is 16.2. The van der Waals surface area contributed by atoms with Crippen molar-refractivity contribution in [2.75, 3.05) is 11.9 Å². The van der Waals surface area contributed by atoms with Crippen LogP contribution in [0.1, 0.15) is 58.3 Å². The van der Waals surface area contributed by atoms with Gasteiger partial charge in [0.1, 0.15) is 0 Å². The maximum absolute atomic E-state index is 12.7. The highest BCUT2D eigenvalue weighted by molar-refractivity contribution is 6.05. The topological polar surface area (TPSA) is 78.5 Å². The summed E-state index contributed by atoms with van der Waals surface area (Å²) < 4.78 is 0. The van der Waals surface area contributed by atoms with Gasteiger partial charge in [-0.2, -0.15) is 0 Å². The fraction of sp³-hybridized carbons (Fsp3) is 0.550. The zero-order chi connectivity index (χ0) is 19.7. The molecular weight excluding hydrogens is 330 g/mol. The fourth-order valence-electron chi connectivity index (χ4n) is 2.96. The molecule has 0 saturated carbocycles. The zero-order valence-electron chi connectivity index (χ0n) is 16.5. The van der Waals surface area contributed by atoms with Crippen LogP contribution in [-0.2, 0) is 9.59 Å². The molecule has 1 aromatic carbocycles. The van der Waals surface area contributed by atoms with Gasteiger partial charge in [-0.1, -0.05) is 12.1 Å². The number of nitrogens with one attached hydrogen (secondary N) is 2. The van der Waals surface area contributed by atoms with E-state index in [4.69, 9.17) is 0 Å². The van der Waals surface area contributed by atoms with Gasteiger partial charge in [0.15, 0.2) is 0 Å². The van der Waals surface area contributed by atoms with Gasteiger partial charge in [-0.25, -0.2) is 0 Å². The van der Waals surface area contributed by atoms with Gasteiger partial charge in [-0.15, -0.1) is 0 Å². The molecule has 0 spiro atoms. The average molecular weight is 359 g/mol. The van der Waals surface area contributed by atoms with Crippen molar-refractivity contribution in [1.82, 2.24) is 10.2 Å². The van der Waals surface area contributed by atoms with Crippen molar-refractivity contribution in [1.29, 1.82) is 0 Å². The maximum Gasteiger partial charge on any atom is 0.253 e. The number of para-hydroxylation sites is 1. The molecule has 2 N–H and O–H groups in total. The molecule has 0 bridgehead atoms. The van der Waals surface area contributed by atoms with Crippen LogP contribution in [0.15, 0.2) is 24.3 Å². The van der Waals surface area contributed by atoms with Crippen LogP contribution < -0.4 is 10.6 Å². The summed E-state index contributed by atoms with van der Waals surface area (Å²) in [5.74, 6) is -0.912. The molecule has 0 radical (unpaired) electrons. The summed E-state index contributed by atoms with van der Waals surface area (Å²) in [5.41, 5.74) is 0.185. The number of hydrogen-bond donors (Lipinski definition) is 2. The molecule has 0 aromatic heterocycles. The molecular formula is C20H29N3O3. The summed E-state index contributed by atoms with van der Waals surface area (Å²) >= 11 is 0. The first-order chi connectivity index (χ1) is 11.9. The SMILES string of the molecule is CC(C)(C)NC(=O)c1ccccc1NC(=O)C1CC(=O)N(C(C)(C)C)C1. The molecule has 2 rings (SSSR count). The average Bonchev–Trinajstić information content (AvgIpc) is 2.88. The number of rotatable bonds is 3. The minimum atomic E-state index is -0.416. The molecule has 6 nitrogen and oxygen atoms in total. The number of carbonyl (C=O) groups excluding carboxylic acids is 3. The third-order valence-electron chi connectivity index (χ3n) is 4.22. The lowest BCUT2D eigenvalue weighted by atomic mass is 10.0. The van der Waals surface area contributed by atoms with Crippen LogP contribution in [-0.4, -0.2) is 40.2 Å². The van der Waals surface area contributed by atoms with E-state index in [0.29, 0.717) is 17.8 Å². The minimum absolute atomic E-state index is 0.0172. The molecule has 1 aromatic rings. The second kappa shape index (κ2) is 7.09. The molecule has 1 atom stereocenters. The predicted molar refractivity (Wildman–Crippen MR) is 102 cm³/mol. The molecule has 142 valence electrons. The van der Waals surface area contributed by atoms with Crippen LogP contribution in [0.5, 0.6) is 0 Å². The predicted octanol–water partition coefficient (Wildman–Crippen LogP) is 2.80. The number of anilines is 1. The number of carbonyl (C=O) groups is 3. The number of amides is 3. The van der Waals surface area contributed by atoms with Crippen molar-refractivity contribution in [3.63, 3.8) is 0 Å². The first-order valence-corrected chi connectivity index (χ1v) is 8.91. The second-order valence-electron chi connectivity index (χ2n) is 8.82. The summed E-state index contributed by atoms with van der Waals surface area (Å²) in [4.78, 5) is 39.1. The number of hydrogen-bond acceptors (Lipinski definition) is 3. The molecule has 1 fully saturated rings. The molecule has 6 heteroatoms. The molecule has 1 aliphatic rings. The Hall–Kier alpha value is -2.37. The van der Waals surface area contributed by atoms with E-state index >= 15 is 0 Å². The van der Waals surface area contributed by atoms with E-state index in [9.17, 15) is 14.4 Å². The summed E-state index contributed by atoms with van der Waals surface area (Å²) in [5, 5.41) is 5.73. The Labute approximate surface area is 155 Å². The summed E-state index contributed by atoms with van der Waals surface area (Å²) in [6, 6.07) is 6.91. The number of benzene rings is 1. The smallest absolute Gasteiger partial charge is 0.253 e. The molecule has 0 aliphatic carbocycles. The molecule has 1 heterocycles. The van der Waals surface area contributed by atoms with Crippen LogP contribution in [0, 0.1) is 5.92 Å². The largest absolute Gasteiger partial charge is 0.347 e. The van der Waals surface area contributed by atoms with Crippen LogP contribution in [0.2, 0.25) is 0 Å². The standard InChI is InChI=1S/C20H29N3O3/c1-19(2,3)22-18(26)14-9-7-8-10-15(14)21-17(25)13-11-16(24)23(12-13)20(4,5)6/h7-10,13H,11-12H2,1-6H3,(H,21,25)(H,22,26). The Kier molecular flexibility index (Phi) is 5.44. The molecule has 1 saturated heterocycles. The minimum Gasteiger partial charge on any atom is -0.347 e.